The molecule has 3 rings (SSSR count). The van der Waals surface area contributed by atoms with Crippen LogP contribution in [0, 0.1) is 6.07 Å². The van der Waals surface area contributed by atoms with Crippen molar-refractivity contribution < 1.29 is 8.92 Å². The first kappa shape index (κ1) is 10.7. The van der Waals surface area contributed by atoms with Crippen molar-refractivity contribution in [3.63, 3.8) is 0 Å². The van der Waals surface area contributed by atoms with Gasteiger partial charge in [0.25, 0.3) is 0 Å². The average Bonchev–Trinajstić information content (AvgIpc) is 2.64. The first-order valence-electron chi connectivity index (χ1n) is 5.47. The van der Waals surface area contributed by atoms with Crippen LogP contribution in [0.15, 0.2) is 47.4 Å². The molecule has 3 heteroatoms. The van der Waals surface area contributed by atoms with Gasteiger partial charge in [-0.15, -0.1) is 0 Å². The van der Waals surface area contributed by atoms with Crippen molar-refractivity contribution >= 4 is 12.0 Å². The van der Waals surface area contributed by atoms with E-state index in [1.807, 2.05) is 30.3 Å². The van der Waals surface area contributed by atoms with E-state index in [0.29, 0.717) is 13.2 Å². The summed E-state index contributed by atoms with van der Waals surface area (Å²) in [5.41, 5.74) is 2.21. The van der Waals surface area contributed by atoms with E-state index in [9.17, 15) is 0 Å². The Bertz CT molecular complexity index is 511. The lowest BCUT2D eigenvalue weighted by molar-refractivity contribution is 0.246. The van der Waals surface area contributed by atoms with Gasteiger partial charge in [0.2, 0.25) is 0 Å². The molecule has 0 aromatic heterocycles. The van der Waals surface area contributed by atoms with E-state index >= 15 is 0 Å². The Morgan fingerprint density at radius 1 is 1.12 bits per heavy atom. The van der Waals surface area contributed by atoms with Crippen LogP contribution >= 0.6 is 12.0 Å². The molecule has 1 heterocycles. The normalized spacial score (nSPS) is 14.6. The summed E-state index contributed by atoms with van der Waals surface area (Å²) in [6, 6.07) is 17.3. The molecule has 2 aromatic rings. The summed E-state index contributed by atoms with van der Waals surface area (Å²) in [7, 11) is 0. The highest BCUT2D eigenvalue weighted by atomic mass is 32.2. The quantitative estimate of drug-likeness (QED) is 0.713. The van der Waals surface area contributed by atoms with Crippen LogP contribution in [0.1, 0.15) is 0 Å². The van der Waals surface area contributed by atoms with Crippen LogP contribution in [0.5, 0.6) is 5.75 Å². The number of rotatable bonds is 1. The smallest absolute Gasteiger partial charge is 0.135 e. The SMILES string of the molecule is [c]1ccccc1-c1ccc2c(c1)SOCCO2. The van der Waals surface area contributed by atoms with E-state index in [0.717, 1.165) is 21.8 Å². The van der Waals surface area contributed by atoms with Crippen molar-refractivity contribution in [1.82, 2.24) is 0 Å². The minimum absolute atomic E-state index is 0.608. The van der Waals surface area contributed by atoms with Crippen LogP contribution < -0.4 is 4.74 Å². The molecule has 2 aromatic carbocycles. The number of hydrogen-bond acceptors (Lipinski definition) is 3. The van der Waals surface area contributed by atoms with Gasteiger partial charge in [0.05, 0.1) is 11.5 Å². The lowest BCUT2D eigenvalue weighted by atomic mass is 10.1. The molecule has 0 spiro atoms. The van der Waals surface area contributed by atoms with Crippen molar-refractivity contribution in [3.8, 4) is 16.9 Å². The average molecular weight is 243 g/mol. The van der Waals surface area contributed by atoms with Gasteiger partial charge in [0.1, 0.15) is 12.4 Å². The molecule has 0 saturated carbocycles. The molecule has 1 aliphatic heterocycles. The third-order valence-corrected chi connectivity index (χ3v) is 3.32. The Hall–Kier alpha value is -1.45. The molecule has 0 amide bonds. The summed E-state index contributed by atoms with van der Waals surface area (Å²) in [6.07, 6.45) is 0. The standard InChI is InChI=1S/C14H11O2S/c1-2-4-11(5-3-1)12-6-7-13-14(10-12)17-16-9-8-15-13/h1-4,6-7,10H,8-9H2. The molecule has 0 unspecified atom stereocenters. The zero-order valence-corrected chi connectivity index (χ0v) is 10.00. The van der Waals surface area contributed by atoms with Crippen molar-refractivity contribution in [2.45, 2.75) is 4.90 Å². The van der Waals surface area contributed by atoms with Crippen molar-refractivity contribution in [1.29, 1.82) is 0 Å². The highest BCUT2D eigenvalue weighted by molar-refractivity contribution is 7.94. The van der Waals surface area contributed by atoms with E-state index in [1.54, 1.807) is 0 Å². The molecule has 0 fully saturated rings. The summed E-state index contributed by atoms with van der Waals surface area (Å²) >= 11 is 1.38. The molecular weight excluding hydrogens is 232 g/mol. The lowest BCUT2D eigenvalue weighted by Crippen LogP contribution is -2.00. The molecule has 0 bridgehead atoms. The third-order valence-electron chi connectivity index (χ3n) is 2.54. The van der Waals surface area contributed by atoms with E-state index in [4.69, 9.17) is 8.92 Å². The Labute approximate surface area is 105 Å². The van der Waals surface area contributed by atoms with Gasteiger partial charge < -0.3 is 8.92 Å². The molecule has 2 nitrogen and oxygen atoms in total. The largest absolute Gasteiger partial charge is 0.490 e. The topological polar surface area (TPSA) is 18.5 Å². The molecule has 85 valence electrons. The van der Waals surface area contributed by atoms with Gasteiger partial charge >= 0.3 is 0 Å². The minimum Gasteiger partial charge on any atom is -0.490 e. The second-order valence-corrected chi connectivity index (χ2v) is 4.53. The van der Waals surface area contributed by atoms with E-state index in [1.165, 1.54) is 12.0 Å². The molecule has 1 aliphatic rings. The Balaban J connectivity index is 2.00. The highest BCUT2D eigenvalue weighted by Gasteiger charge is 2.11. The summed E-state index contributed by atoms with van der Waals surface area (Å²) in [5, 5.41) is 0. The monoisotopic (exact) mass is 243 g/mol. The summed E-state index contributed by atoms with van der Waals surface area (Å²) in [6.45, 7) is 1.23. The van der Waals surface area contributed by atoms with Gasteiger partial charge in [-0.25, -0.2) is 0 Å². The fourth-order valence-electron chi connectivity index (χ4n) is 1.72. The summed E-state index contributed by atoms with van der Waals surface area (Å²) in [5.74, 6) is 0.896. The number of ether oxygens (including phenoxy) is 1. The van der Waals surface area contributed by atoms with E-state index in [2.05, 4.69) is 18.2 Å². The van der Waals surface area contributed by atoms with Gasteiger partial charge in [0, 0.05) is 12.0 Å². The first-order chi connectivity index (χ1) is 8.43. The lowest BCUT2D eigenvalue weighted by Gasteiger charge is -2.07. The number of fused-ring (bicyclic) bond motifs is 1. The first-order valence-corrected chi connectivity index (χ1v) is 6.21. The maximum atomic E-state index is 5.58. The van der Waals surface area contributed by atoms with Crippen molar-refractivity contribution in [2.75, 3.05) is 13.2 Å². The fraction of sp³-hybridized carbons (Fsp3) is 0.143. The van der Waals surface area contributed by atoms with Crippen molar-refractivity contribution in [3.05, 3.63) is 48.5 Å². The minimum atomic E-state index is 0.608. The van der Waals surface area contributed by atoms with Crippen LogP contribution in [-0.2, 0) is 4.18 Å². The summed E-state index contributed by atoms with van der Waals surface area (Å²) in [4.78, 5) is 1.03. The number of benzene rings is 2. The van der Waals surface area contributed by atoms with Gasteiger partial charge in [-0.05, 0) is 29.3 Å². The van der Waals surface area contributed by atoms with Crippen LogP contribution in [0.4, 0.5) is 0 Å². The molecule has 0 aliphatic carbocycles. The van der Waals surface area contributed by atoms with E-state index in [-0.39, 0.29) is 0 Å². The fourth-order valence-corrected chi connectivity index (χ4v) is 2.39. The van der Waals surface area contributed by atoms with Crippen molar-refractivity contribution in [2.24, 2.45) is 0 Å². The van der Waals surface area contributed by atoms with Crippen LogP contribution in [0.3, 0.4) is 0 Å². The zero-order valence-electron chi connectivity index (χ0n) is 9.18. The maximum Gasteiger partial charge on any atom is 0.135 e. The maximum absolute atomic E-state index is 5.58. The molecule has 1 radical (unpaired) electrons. The number of hydrogen-bond donors (Lipinski definition) is 0. The second-order valence-electron chi connectivity index (χ2n) is 3.69. The van der Waals surface area contributed by atoms with Crippen LogP contribution in [0.25, 0.3) is 11.1 Å². The molecule has 17 heavy (non-hydrogen) atoms. The predicted molar refractivity (Wildman–Crippen MR) is 68.0 cm³/mol. The molecule has 0 atom stereocenters. The van der Waals surface area contributed by atoms with Gasteiger partial charge in [-0.1, -0.05) is 30.3 Å². The zero-order chi connectivity index (χ0) is 11.5. The van der Waals surface area contributed by atoms with Crippen LogP contribution in [-0.4, -0.2) is 13.2 Å². The van der Waals surface area contributed by atoms with E-state index < -0.39 is 0 Å². The molecular formula is C14H11O2S. The highest BCUT2D eigenvalue weighted by Crippen LogP contribution is 2.35. The predicted octanol–water partition coefficient (Wildman–Crippen LogP) is 3.57. The molecule has 0 N–H and O–H groups in total. The molecule has 0 saturated heterocycles. The van der Waals surface area contributed by atoms with Gasteiger partial charge in [-0.2, -0.15) is 0 Å². The van der Waals surface area contributed by atoms with Gasteiger partial charge in [0.15, 0.2) is 0 Å². The van der Waals surface area contributed by atoms with Crippen LogP contribution in [0.2, 0.25) is 0 Å². The third kappa shape index (κ3) is 2.30. The second kappa shape index (κ2) is 4.82. The Morgan fingerprint density at radius 3 is 3.00 bits per heavy atom. The Morgan fingerprint density at radius 2 is 2.12 bits per heavy atom. The summed E-state index contributed by atoms with van der Waals surface area (Å²) < 4.78 is 11.0. The van der Waals surface area contributed by atoms with Gasteiger partial charge in [-0.3, -0.25) is 0 Å². The Kier molecular flexibility index (Phi) is 3.03.